The highest BCUT2D eigenvalue weighted by Gasteiger charge is 2.45. The van der Waals surface area contributed by atoms with Crippen molar-refractivity contribution in [2.75, 3.05) is 24.6 Å². The quantitative estimate of drug-likeness (QED) is 0.597. The van der Waals surface area contributed by atoms with Gasteiger partial charge < -0.3 is 10.0 Å². The molecule has 2 bridgehead atoms. The van der Waals surface area contributed by atoms with Crippen LogP contribution < -0.4 is 4.90 Å². The fraction of sp³-hybridized carbons (Fsp3) is 0.706. The highest BCUT2D eigenvalue weighted by atomic mass is 79.9. The minimum absolute atomic E-state index is 0.352. The van der Waals surface area contributed by atoms with Gasteiger partial charge >= 0.3 is 0 Å². The van der Waals surface area contributed by atoms with Crippen LogP contribution >= 0.6 is 15.9 Å². The Kier molecular flexibility index (Phi) is 5.17. The molecule has 0 amide bonds. The number of aliphatic hydroxyl groups is 1. The Labute approximate surface area is 135 Å². The van der Waals surface area contributed by atoms with Gasteiger partial charge in [0, 0.05) is 31.6 Å². The molecule has 4 heteroatoms. The lowest BCUT2D eigenvalue weighted by Crippen LogP contribution is -2.55. The van der Waals surface area contributed by atoms with Crippen LogP contribution in [0, 0.1) is 17.8 Å². The van der Waals surface area contributed by atoms with Crippen LogP contribution in [0.25, 0.3) is 0 Å². The van der Waals surface area contributed by atoms with Crippen molar-refractivity contribution in [3.63, 3.8) is 0 Å². The van der Waals surface area contributed by atoms with E-state index in [1.165, 1.54) is 50.9 Å². The van der Waals surface area contributed by atoms with Crippen LogP contribution in [0.5, 0.6) is 0 Å². The normalized spacial score (nSPS) is 27.5. The van der Waals surface area contributed by atoms with Crippen LogP contribution in [0.4, 0.5) is 5.69 Å². The maximum absolute atomic E-state index is 8.81. The second-order valence-corrected chi connectivity index (χ2v) is 7.40. The molecule has 1 unspecified atom stereocenters. The van der Waals surface area contributed by atoms with Gasteiger partial charge in [-0.15, -0.1) is 0 Å². The first-order valence-electron chi connectivity index (χ1n) is 8.25. The SMILES string of the molecule is OCCCCCCC1[C@@H]2C[C@H]1CN(c1ccnc(Br)c1)C2. The van der Waals surface area contributed by atoms with Crippen molar-refractivity contribution in [2.24, 2.45) is 17.8 Å². The summed E-state index contributed by atoms with van der Waals surface area (Å²) in [6.07, 6.45) is 9.52. The third-order valence-corrected chi connectivity index (χ3v) is 5.68. The van der Waals surface area contributed by atoms with Crippen molar-refractivity contribution in [3.8, 4) is 0 Å². The van der Waals surface area contributed by atoms with Crippen molar-refractivity contribution < 1.29 is 5.11 Å². The molecule has 1 aromatic rings. The Morgan fingerprint density at radius 1 is 1.19 bits per heavy atom. The Morgan fingerprint density at radius 2 is 1.95 bits per heavy atom. The smallest absolute Gasteiger partial charge is 0.108 e. The summed E-state index contributed by atoms with van der Waals surface area (Å²) in [7, 11) is 0. The summed E-state index contributed by atoms with van der Waals surface area (Å²) in [4.78, 5) is 6.75. The average Bonchev–Trinajstić information content (AvgIpc) is 2.51. The molecule has 3 atom stereocenters. The van der Waals surface area contributed by atoms with Crippen molar-refractivity contribution in [1.29, 1.82) is 0 Å². The zero-order chi connectivity index (χ0) is 14.7. The summed E-state index contributed by atoms with van der Waals surface area (Å²) in [5.74, 6) is 2.75. The minimum Gasteiger partial charge on any atom is -0.396 e. The van der Waals surface area contributed by atoms with Gasteiger partial charge in [0.25, 0.3) is 0 Å². The Morgan fingerprint density at radius 3 is 2.67 bits per heavy atom. The number of pyridine rings is 1. The molecule has 116 valence electrons. The summed E-state index contributed by atoms with van der Waals surface area (Å²) in [5, 5.41) is 8.81. The molecule has 0 radical (unpaired) electrons. The number of aromatic nitrogens is 1. The number of unbranched alkanes of at least 4 members (excludes halogenated alkanes) is 3. The molecule has 4 rings (SSSR count). The zero-order valence-corrected chi connectivity index (χ0v) is 14.1. The van der Waals surface area contributed by atoms with Gasteiger partial charge in [-0.25, -0.2) is 4.98 Å². The van der Waals surface area contributed by atoms with Crippen LogP contribution in [-0.2, 0) is 0 Å². The lowest BCUT2D eigenvalue weighted by molar-refractivity contribution is 0.0392. The van der Waals surface area contributed by atoms with Crippen LogP contribution in [-0.4, -0.2) is 29.8 Å². The predicted molar refractivity (Wildman–Crippen MR) is 89.4 cm³/mol. The molecule has 2 aliphatic heterocycles. The van der Waals surface area contributed by atoms with Gasteiger partial charge in [0.2, 0.25) is 0 Å². The number of halogens is 1. The number of piperidine rings is 2. The van der Waals surface area contributed by atoms with E-state index < -0.39 is 0 Å². The highest BCUT2D eigenvalue weighted by Crippen LogP contribution is 2.48. The second-order valence-electron chi connectivity index (χ2n) is 6.59. The fourth-order valence-electron chi connectivity index (χ4n) is 4.10. The summed E-state index contributed by atoms with van der Waals surface area (Å²) in [5.41, 5.74) is 1.31. The van der Waals surface area contributed by atoms with E-state index in [1.54, 1.807) is 0 Å². The summed E-state index contributed by atoms with van der Waals surface area (Å²) in [6.45, 7) is 2.79. The standard InChI is InChI=1S/C17H25BrN2O/c18-17-10-15(6-7-19-17)20-11-13-9-14(12-20)16(13)5-3-1-2-4-8-21/h6-7,10,13-14,16,21H,1-5,8-9,11-12H2/t13-,14+,16?. The molecule has 2 saturated heterocycles. The maximum Gasteiger partial charge on any atom is 0.108 e. The molecule has 0 spiro atoms. The first-order valence-corrected chi connectivity index (χ1v) is 9.04. The molecule has 3 aliphatic rings. The number of aliphatic hydroxyl groups excluding tert-OH is 1. The summed E-state index contributed by atoms with van der Waals surface area (Å²) in [6, 6.07) is 4.26. The van der Waals surface area contributed by atoms with E-state index in [1.807, 2.05) is 6.20 Å². The number of nitrogens with zero attached hydrogens (tertiary/aromatic N) is 2. The Hall–Kier alpha value is -0.610. The van der Waals surface area contributed by atoms with Crippen LogP contribution in [0.2, 0.25) is 0 Å². The van der Waals surface area contributed by atoms with Crippen molar-refractivity contribution in [3.05, 3.63) is 22.9 Å². The molecule has 1 N–H and O–H groups in total. The molecule has 0 aromatic carbocycles. The van der Waals surface area contributed by atoms with Gasteiger partial charge in [-0.3, -0.25) is 0 Å². The van der Waals surface area contributed by atoms with Gasteiger partial charge in [-0.2, -0.15) is 0 Å². The third kappa shape index (κ3) is 3.59. The lowest BCUT2D eigenvalue weighted by atomic mass is 9.60. The topological polar surface area (TPSA) is 36.4 Å². The zero-order valence-electron chi connectivity index (χ0n) is 12.5. The number of hydrogen-bond acceptors (Lipinski definition) is 3. The summed E-state index contributed by atoms with van der Waals surface area (Å²) >= 11 is 3.47. The lowest BCUT2D eigenvalue weighted by Gasteiger charge is -2.54. The van der Waals surface area contributed by atoms with Gasteiger partial charge in [-0.1, -0.05) is 19.3 Å². The van der Waals surface area contributed by atoms with Crippen molar-refractivity contribution >= 4 is 21.6 Å². The molecule has 21 heavy (non-hydrogen) atoms. The molecular weight excluding hydrogens is 328 g/mol. The van der Waals surface area contributed by atoms with Crippen molar-refractivity contribution in [2.45, 2.75) is 38.5 Å². The van der Waals surface area contributed by atoms with Crippen LogP contribution in [0.1, 0.15) is 38.5 Å². The third-order valence-electron chi connectivity index (χ3n) is 5.25. The average molecular weight is 353 g/mol. The van der Waals surface area contributed by atoms with Crippen molar-refractivity contribution in [1.82, 2.24) is 4.98 Å². The molecule has 1 aliphatic carbocycles. The fourth-order valence-corrected chi connectivity index (χ4v) is 4.46. The largest absolute Gasteiger partial charge is 0.396 e. The molecular formula is C17H25BrN2O. The van der Waals surface area contributed by atoms with E-state index in [0.29, 0.717) is 6.61 Å². The monoisotopic (exact) mass is 352 g/mol. The van der Waals surface area contributed by atoms with E-state index in [4.69, 9.17) is 5.11 Å². The Balaban J connectivity index is 1.46. The van der Waals surface area contributed by atoms with E-state index in [0.717, 1.165) is 28.8 Å². The molecule has 3 fully saturated rings. The Bertz CT molecular complexity index is 456. The summed E-state index contributed by atoms with van der Waals surface area (Å²) < 4.78 is 0.930. The minimum atomic E-state index is 0.352. The first kappa shape index (κ1) is 15.3. The maximum atomic E-state index is 8.81. The van der Waals surface area contributed by atoms with E-state index in [2.05, 4.69) is 37.9 Å². The number of anilines is 1. The van der Waals surface area contributed by atoms with Gasteiger partial charge in [0.1, 0.15) is 4.60 Å². The van der Waals surface area contributed by atoms with E-state index in [-0.39, 0.29) is 0 Å². The van der Waals surface area contributed by atoms with E-state index in [9.17, 15) is 0 Å². The van der Waals surface area contributed by atoms with Gasteiger partial charge in [0.15, 0.2) is 0 Å². The molecule has 1 aromatic heterocycles. The van der Waals surface area contributed by atoms with Crippen LogP contribution in [0.3, 0.4) is 0 Å². The number of rotatable bonds is 7. The van der Waals surface area contributed by atoms with E-state index >= 15 is 0 Å². The number of hydrogen-bond donors (Lipinski definition) is 1. The highest BCUT2D eigenvalue weighted by molar-refractivity contribution is 9.10. The van der Waals surface area contributed by atoms with Gasteiger partial charge in [0.05, 0.1) is 0 Å². The first-order chi connectivity index (χ1) is 10.3. The predicted octanol–water partition coefficient (Wildman–Crippen LogP) is 3.86. The molecule has 3 heterocycles. The molecule has 1 saturated carbocycles. The van der Waals surface area contributed by atoms with Gasteiger partial charge in [-0.05, 0) is 65.1 Å². The van der Waals surface area contributed by atoms with Crippen LogP contribution in [0.15, 0.2) is 22.9 Å². The number of fused-ring (bicyclic) bond motifs is 2. The molecule has 3 nitrogen and oxygen atoms in total. The second kappa shape index (κ2) is 7.10.